The van der Waals surface area contributed by atoms with Crippen LogP contribution in [0, 0.1) is 0 Å². The maximum atomic E-state index is 2.58. The van der Waals surface area contributed by atoms with E-state index in [1.54, 1.807) is 0 Å². The number of aryl methyl sites for hydroxylation is 4. The molecule has 4 heteroatoms. The quantitative estimate of drug-likeness (QED) is 0.214. The topological polar surface area (TPSA) is 19.7 Å². The summed E-state index contributed by atoms with van der Waals surface area (Å²) in [5, 5.41) is 5.41. The average Bonchev–Trinajstić information content (AvgIpc) is 3.69. The van der Waals surface area contributed by atoms with Crippen LogP contribution >= 0.6 is 0 Å². The molecule has 4 heterocycles. The summed E-state index contributed by atoms with van der Waals surface area (Å²) in [6.45, 7) is 8.39. The number of benzene rings is 4. The van der Waals surface area contributed by atoms with Gasteiger partial charge in [0.15, 0.2) is 0 Å². The van der Waals surface area contributed by atoms with E-state index in [0.717, 1.165) is 32.6 Å². The van der Waals surface area contributed by atoms with Crippen molar-refractivity contribution in [2.45, 2.75) is 46.4 Å². The monoisotopic (exact) mass is 508 g/mol. The molecule has 0 amide bonds. The summed E-state index contributed by atoms with van der Waals surface area (Å²) in [5.74, 6) is 0. The van der Waals surface area contributed by atoms with Crippen molar-refractivity contribution in [3.8, 4) is 0 Å². The second-order valence-corrected chi connectivity index (χ2v) is 10.6. The van der Waals surface area contributed by atoms with E-state index in [9.17, 15) is 0 Å². The first-order valence-corrected chi connectivity index (χ1v) is 14.3. The first kappa shape index (κ1) is 22.5. The molecule has 192 valence electrons. The molecule has 0 bridgehead atoms. The fourth-order valence-electron chi connectivity index (χ4n) is 7.23. The third-order valence-electron chi connectivity index (χ3n) is 8.72. The summed E-state index contributed by atoms with van der Waals surface area (Å²) < 4.78 is 10.1. The average molecular weight is 509 g/mol. The highest BCUT2D eigenvalue weighted by Crippen LogP contribution is 2.39. The van der Waals surface area contributed by atoms with Gasteiger partial charge in [0.25, 0.3) is 0 Å². The molecule has 0 aliphatic carbocycles. The smallest absolute Gasteiger partial charge is 0.0754 e. The van der Waals surface area contributed by atoms with Gasteiger partial charge in [-0.2, -0.15) is 0 Å². The molecule has 8 rings (SSSR count). The fourth-order valence-corrected chi connectivity index (χ4v) is 7.23. The highest BCUT2D eigenvalue weighted by Gasteiger charge is 2.21. The Balaban J connectivity index is 1.29. The van der Waals surface area contributed by atoms with Crippen LogP contribution in [0.2, 0.25) is 0 Å². The lowest BCUT2D eigenvalue weighted by Gasteiger charge is -2.11. The van der Waals surface area contributed by atoms with Gasteiger partial charge in [0.05, 0.1) is 44.1 Å². The Labute approximate surface area is 227 Å². The van der Waals surface area contributed by atoms with Gasteiger partial charge in [-0.3, -0.25) is 0 Å². The SMILES string of the molecule is CCn1c2ccccc2c2c1c1ccccc1n2CCCn1c2ccccc2c2c1c1ccccc1n2CC. The standard InChI is InChI=1S/C35H32N4/c1-3-36-28-18-9-5-14-24(28)34-32(36)26-16-7-11-20-30(26)38(34)22-13-23-39-31-21-12-8-17-27(31)33-35(39)25-15-6-10-19-29(25)37(33)4-2/h5-12,14-21H,3-4,13,22-23H2,1-2H3. The van der Waals surface area contributed by atoms with Crippen molar-refractivity contribution in [3.63, 3.8) is 0 Å². The minimum atomic E-state index is 0.965. The van der Waals surface area contributed by atoms with Gasteiger partial charge in [0, 0.05) is 47.7 Å². The van der Waals surface area contributed by atoms with Crippen molar-refractivity contribution in [2.24, 2.45) is 0 Å². The molecule has 0 fully saturated rings. The third-order valence-corrected chi connectivity index (χ3v) is 8.72. The first-order chi connectivity index (χ1) is 19.3. The number of rotatable bonds is 6. The summed E-state index contributed by atoms with van der Waals surface area (Å²) >= 11 is 0. The van der Waals surface area contributed by atoms with Crippen molar-refractivity contribution < 1.29 is 0 Å². The lowest BCUT2D eigenvalue weighted by Crippen LogP contribution is -2.04. The predicted octanol–water partition coefficient (Wildman–Crippen LogP) is 8.94. The molecule has 0 spiro atoms. The number of para-hydroxylation sites is 4. The Morgan fingerprint density at radius 3 is 1.00 bits per heavy atom. The third kappa shape index (κ3) is 3.00. The van der Waals surface area contributed by atoms with Gasteiger partial charge in [0.2, 0.25) is 0 Å². The summed E-state index contributed by atoms with van der Waals surface area (Å²) in [6, 6.07) is 35.7. The molecular formula is C35H32N4. The van der Waals surface area contributed by atoms with Crippen LogP contribution < -0.4 is 0 Å². The highest BCUT2D eigenvalue weighted by molar-refractivity contribution is 6.19. The number of fused-ring (bicyclic) bond motifs is 10. The molecule has 4 aromatic heterocycles. The molecule has 0 aliphatic rings. The molecule has 39 heavy (non-hydrogen) atoms. The predicted molar refractivity (Wildman–Crippen MR) is 166 cm³/mol. The van der Waals surface area contributed by atoms with Crippen LogP contribution in [0.25, 0.3) is 65.7 Å². The largest absolute Gasteiger partial charge is 0.339 e. The van der Waals surface area contributed by atoms with Crippen molar-refractivity contribution in [2.75, 3.05) is 0 Å². The molecule has 0 N–H and O–H groups in total. The zero-order chi connectivity index (χ0) is 26.1. The Bertz CT molecular complexity index is 2010. The van der Waals surface area contributed by atoms with Crippen LogP contribution in [-0.2, 0) is 26.2 Å². The van der Waals surface area contributed by atoms with E-state index in [2.05, 4.69) is 129 Å². The van der Waals surface area contributed by atoms with Gasteiger partial charge in [-0.05, 0) is 44.5 Å². The Morgan fingerprint density at radius 1 is 0.385 bits per heavy atom. The highest BCUT2D eigenvalue weighted by atomic mass is 15.1. The summed E-state index contributed by atoms with van der Waals surface area (Å²) in [5.41, 5.74) is 10.8. The second kappa shape index (κ2) is 8.54. The molecule has 0 atom stereocenters. The fraction of sp³-hybridized carbons (Fsp3) is 0.200. The summed E-state index contributed by atoms with van der Waals surface area (Å²) in [6.07, 6.45) is 1.05. The Hall–Kier alpha value is -4.44. The second-order valence-electron chi connectivity index (χ2n) is 10.6. The van der Waals surface area contributed by atoms with Crippen molar-refractivity contribution in [1.82, 2.24) is 18.3 Å². The number of hydrogen-bond donors (Lipinski definition) is 0. The van der Waals surface area contributed by atoms with E-state index in [1.807, 2.05) is 0 Å². The maximum Gasteiger partial charge on any atom is 0.0754 e. The zero-order valence-corrected chi connectivity index (χ0v) is 22.6. The molecule has 4 nitrogen and oxygen atoms in total. The molecule has 0 radical (unpaired) electrons. The van der Waals surface area contributed by atoms with Crippen molar-refractivity contribution >= 4 is 65.7 Å². The molecule has 4 aromatic carbocycles. The molecule has 0 aliphatic heterocycles. The van der Waals surface area contributed by atoms with Crippen LogP contribution in [0.4, 0.5) is 0 Å². The van der Waals surface area contributed by atoms with Gasteiger partial charge in [0.1, 0.15) is 0 Å². The normalized spacial score (nSPS) is 12.4. The van der Waals surface area contributed by atoms with E-state index in [4.69, 9.17) is 0 Å². The minimum absolute atomic E-state index is 0.965. The molecule has 0 saturated heterocycles. The molecular weight excluding hydrogens is 476 g/mol. The molecule has 0 saturated carbocycles. The van der Waals surface area contributed by atoms with Crippen molar-refractivity contribution in [3.05, 3.63) is 97.1 Å². The zero-order valence-electron chi connectivity index (χ0n) is 22.6. The van der Waals surface area contributed by atoms with E-state index in [0.29, 0.717) is 0 Å². The van der Waals surface area contributed by atoms with Gasteiger partial charge < -0.3 is 18.3 Å². The Morgan fingerprint density at radius 2 is 0.667 bits per heavy atom. The van der Waals surface area contributed by atoms with Gasteiger partial charge in [-0.15, -0.1) is 0 Å². The van der Waals surface area contributed by atoms with Crippen LogP contribution in [-0.4, -0.2) is 18.3 Å². The summed E-state index contributed by atoms with van der Waals surface area (Å²) in [4.78, 5) is 0. The van der Waals surface area contributed by atoms with Crippen LogP contribution in [0.1, 0.15) is 20.3 Å². The number of nitrogens with zero attached hydrogens (tertiary/aromatic N) is 4. The first-order valence-electron chi connectivity index (χ1n) is 14.3. The van der Waals surface area contributed by atoms with Crippen LogP contribution in [0.15, 0.2) is 97.1 Å². The van der Waals surface area contributed by atoms with Gasteiger partial charge >= 0.3 is 0 Å². The minimum Gasteiger partial charge on any atom is -0.339 e. The molecule has 0 unspecified atom stereocenters. The number of aromatic nitrogens is 4. The van der Waals surface area contributed by atoms with E-state index < -0.39 is 0 Å². The molecule has 8 aromatic rings. The van der Waals surface area contributed by atoms with E-state index in [-0.39, 0.29) is 0 Å². The Kier molecular flexibility index (Phi) is 4.93. The van der Waals surface area contributed by atoms with Crippen molar-refractivity contribution in [1.29, 1.82) is 0 Å². The van der Waals surface area contributed by atoms with Gasteiger partial charge in [-0.1, -0.05) is 72.8 Å². The lowest BCUT2D eigenvalue weighted by molar-refractivity contribution is 0.604. The maximum absolute atomic E-state index is 2.58. The summed E-state index contributed by atoms with van der Waals surface area (Å²) in [7, 11) is 0. The van der Waals surface area contributed by atoms with Crippen LogP contribution in [0.5, 0.6) is 0 Å². The van der Waals surface area contributed by atoms with E-state index >= 15 is 0 Å². The van der Waals surface area contributed by atoms with Crippen LogP contribution in [0.3, 0.4) is 0 Å². The lowest BCUT2D eigenvalue weighted by atomic mass is 10.2. The van der Waals surface area contributed by atoms with Gasteiger partial charge in [-0.25, -0.2) is 0 Å². The number of hydrogen-bond acceptors (Lipinski definition) is 0. The van der Waals surface area contributed by atoms with E-state index in [1.165, 1.54) is 65.7 Å².